The van der Waals surface area contributed by atoms with Crippen molar-refractivity contribution in [2.24, 2.45) is 4.99 Å². The Balaban J connectivity index is 1.98. The molecule has 0 aliphatic carbocycles. The maximum absolute atomic E-state index is 9.85. The van der Waals surface area contributed by atoms with Crippen LogP contribution in [0, 0.1) is 0 Å². The van der Waals surface area contributed by atoms with Crippen LogP contribution in [0.1, 0.15) is 11.1 Å². The lowest BCUT2D eigenvalue weighted by Crippen LogP contribution is -1.95. The predicted molar refractivity (Wildman–Crippen MR) is 78.4 cm³/mol. The van der Waals surface area contributed by atoms with Crippen molar-refractivity contribution in [3.8, 4) is 11.5 Å². The molecule has 0 saturated carbocycles. The summed E-state index contributed by atoms with van der Waals surface area (Å²) >= 11 is 0. The number of aliphatic hydroxyl groups excluding tert-OH is 1. The normalized spacial score (nSPS) is 10.8. The minimum Gasteiger partial charge on any atom is -0.507 e. The summed E-state index contributed by atoms with van der Waals surface area (Å²) in [5.41, 5.74) is 1.67. The van der Waals surface area contributed by atoms with E-state index in [-0.39, 0.29) is 12.4 Å². The van der Waals surface area contributed by atoms with E-state index in [9.17, 15) is 5.11 Å². The molecule has 0 spiro atoms. The fourth-order valence-electron chi connectivity index (χ4n) is 1.68. The van der Waals surface area contributed by atoms with Crippen molar-refractivity contribution in [3.63, 3.8) is 0 Å². The number of rotatable bonds is 6. The van der Waals surface area contributed by atoms with Crippen LogP contribution in [0.4, 0.5) is 0 Å². The van der Waals surface area contributed by atoms with Crippen molar-refractivity contribution in [2.45, 2.75) is 6.61 Å². The van der Waals surface area contributed by atoms with E-state index in [1.54, 1.807) is 18.2 Å². The van der Waals surface area contributed by atoms with Crippen LogP contribution in [0.15, 0.2) is 53.5 Å². The average Bonchev–Trinajstić information content (AvgIpc) is 2.48. The number of benzene rings is 2. The average molecular weight is 271 g/mol. The Hall–Kier alpha value is -2.33. The van der Waals surface area contributed by atoms with E-state index in [4.69, 9.17) is 9.84 Å². The summed E-state index contributed by atoms with van der Waals surface area (Å²) in [7, 11) is 0. The number of phenols is 1. The van der Waals surface area contributed by atoms with Gasteiger partial charge in [-0.05, 0) is 17.7 Å². The molecule has 4 heteroatoms. The molecule has 2 rings (SSSR count). The maximum Gasteiger partial charge on any atom is 0.128 e. The number of ether oxygens (including phenoxy) is 1. The zero-order valence-corrected chi connectivity index (χ0v) is 11.1. The quantitative estimate of drug-likeness (QED) is 0.793. The van der Waals surface area contributed by atoms with Gasteiger partial charge in [-0.1, -0.05) is 30.3 Å². The molecule has 0 amide bonds. The number of aromatic hydroxyl groups is 1. The monoisotopic (exact) mass is 271 g/mol. The van der Waals surface area contributed by atoms with Crippen LogP contribution in [0.3, 0.4) is 0 Å². The minimum atomic E-state index is -0.00443. The van der Waals surface area contributed by atoms with Crippen molar-refractivity contribution >= 4 is 6.21 Å². The summed E-state index contributed by atoms with van der Waals surface area (Å²) in [5.74, 6) is 0.711. The van der Waals surface area contributed by atoms with Gasteiger partial charge in [-0.15, -0.1) is 0 Å². The number of aliphatic hydroxyl groups is 1. The Morgan fingerprint density at radius 2 is 1.90 bits per heavy atom. The Morgan fingerprint density at radius 3 is 2.60 bits per heavy atom. The molecular weight excluding hydrogens is 254 g/mol. The van der Waals surface area contributed by atoms with E-state index in [0.29, 0.717) is 24.5 Å². The summed E-state index contributed by atoms with van der Waals surface area (Å²) in [4.78, 5) is 3.97. The lowest BCUT2D eigenvalue weighted by Gasteiger charge is -2.07. The first-order valence-electron chi connectivity index (χ1n) is 6.40. The zero-order chi connectivity index (χ0) is 14.2. The van der Waals surface area contributed by atoms with E-state index in [1.807, 2.05) is 30.3 Å². The molecule has 2 N–H and O–H groups in total. The van der Waals surface area contributed by atoms with Gasteiger partial charge in [-0.25, -0.2) is 0 Å². The first kappa shape index (κ1) is 14.1. The van der Waals surface area contributed by atoms with E-state index < -0.39 is 0 Å². The third-order valence-corrected chi connectivity index (χ3v) is 2.71. The number of hydrogen-bond acceptors (Lipinski definition) is 4. The Bertz CT molecular complexity index is 567. The van der Waals surface area contributed by atoms with Crippen LogP contribution in [-0.4, -0.2) is 29.6 Å². The van der Waals surface area contributed by atoms with Crippen molar-refractivity contribution in [1.29, 1.82) is 0 Å². The minimum absolute atomic E-state index is 0.00443. The fraction of sp³-hybridized carbons (Fsp3) is 0.188. The zero-order valence-electron chi connectivity index (χ0n) is 11.1. The highest BCUT2D eigenvalue weighted by molar-refractivity contribution is 5.83. The molecule has 0 radical (unpaired) electrons. The van der Waals surface area contributed by atoms with Gasteiger partial charge >= 0.3 is 0 Å². The van der Waals surface area contributed by atoms with Gasteiger partial charge in [0, 0.05) is 17.8 Å². The van der Waals surface area contributed by atoms with Gasteiger partial charge in [0.15, 0.2) is 0 Å². The molecule has 0 saturated heterocycles. The van der Waals surface area contributed by atoms with Gasteiger partial charge in [0.05, 0.1) is 13.2 Å². The molecule has 0 atom stereocenters. The highest BCUT2D eigenvalue weighted by Crippen LogP contribution is 2.23. The molecule has 2 aromatic carbocycles. The smallest absolute Gasteiger partial charge is 0.128 e. The van der Waals surface area contributed by atoms with E-state index in [1.165, 1.54) is 6.21 Å². The molecule has 0 heterocycles. The molecule has 0 aliphatic heterocycles. The third kappa shape index (κ3) is 4.10. The lowest BCUT2D eigenvalue weighted by atomic mass is 10.2. The lowest BCUT2D eigenvalue weighted by molar-refractivity contribution is 0.304. The molecule has 104 valence electrons. The maximum atomic E-state index is 9.85. The van der Waals surface area contributed by atoms with Crippen molar-refractivity contribution < 1.29 is 14.9 Å². The Morgan fingerprint density at radius 1 is 1.10 bits per heavy atom. The number of hydrogen-bond donors (Lipinski definition) is 2. The molecule has 0 fully saturated rings. The molecule has 0 aromatic heterocycles. The van der Waals surface area contributed by atoms with Crippen LogP contribution >= 0.6 is 0 Å². The number of nitrogens with zero attached hydrogens (tertiary/aromatic N) is 1. The van der Waals surface area contributed by atoms with Crippen LogP contribution in [0.2, 0.25) is 0 Å². The van der Waals surface area contributed by atoms with Crippen molar-refractivity contribution in [2.75, 3.05) is 13.2 Å². The number of phenolic OH excluding ortho intramolecular Hbond substituents is 1. The molecule has 0 aliphatic rings. The van der Waals surface area contributed by atoms with Crippen LogP contribution in [0.25, 0.3) is 0 Å². The topological polar surface area (TPSA) is 62.1 Å². The second-order valence-electron chi connectivity index (χ2n) is 4.25. The molecule has 0 bridgehead atoms. The summed E-state index contributed by atoms with van der Waals surface area (Å²) in [6.45, 7) is 0.777. The van der Waals surface area contributed by atoms with Crippen molar-refractivity contribution in [1.82, 2.24) is 0 Å². The number of aliphatic imine (C=N–C) groups is 1. The predicted octanol–water partition coefficient (Wildman–Crippen LogP) is 2.38. The molecule has 2 aromatic rings. The first-order chi connectivity index (χ1) is 9.79. The molecule has 20 heavy (non-hydrogen) atoms. The van der Waals surface area contributed by atoms with Crippen LogP contribution in [-0.2, 0) is 6.61 Å². The van der Waals surface area contributed by atoms with E-state index in [2.05, 4.69) is 4.99 Å². The van der Waals surface area contributed by atoms with E-state index in [0.717, 1.165) is 5.56 Å². The van der Waals surface area contributed by atoms with Gasteiger partial charge in [0.1, 0.15) is 18.1 Å². The van der Waals surface area contributed by atoms with Crippen LogP contribution < -0.4 is 4.74 Å². The van der Waals surface area contributed by atoms with Gasteiger partial charge in [0.25, 0.3) is 0 Å². The highest BCUT2D eigenvalue weighted by Gasteiger charge is 2.02. The van der Waals surface area contributed by atoms with Gasteiger partial charge in [-0.3, -0.25) is 4.99 Å². The van der Waals surface area contributed by atoms with Gasteiger partial charge in [0.2, 0.25) is 0 Å². The van der Waals surface area contributed by atoms with Crippen LogP contribution in [0.5, 0.6) is 11.5 Å². The second kappa shape index (κ2) is 7.31. The van der Waals surface area contributed by atoms with Gasteiger partial charge < -0.3 is 14.9 Å². The molecule has 4 nitrogen and oxygen atoms in total. The SMILES string of the molecule is OCCN=Cc1ccc(OCc2ccccc2)cc1O. The highest BCUT2D eigenvalue weighted by atomic mass is 16.5. The summed E-state index contributed by atoms with van der Waals surface area (Å²) in [5, 5.41) is 18.5. The summed E-state index contributed by atoms with van der Waals surface area (Å²) < 4.78 is 5.61. The van der Waals surface area contributed by atoms with E-state index >= 15 is 0 Å². The second-order valence-corrected chi connectivity index (χ2v) is 4.25. The Labute approximate surface area is 118 Å². The molecular formula is C16H17NO3. The molecule has 0 unspecified atom stereocenters. The largest absolute Gasteiger partial charge is 0.507 e. The standard InChI is InChI=1S/C16H17NO3/c18-9-8-17-11-14-6-7-15(10-16(14)19)20-12-13-4-2-1-3-5-13/h1-7,10-11,18-19H,8-9,12H2. The first-order valence-corrected chi connectivity index (χ1v) is 6.40. The van der Waals surface area contributed by atoms with Crippen molar-refractivity contribution in [3.05, 3.63) is 59.7 Å². The summed E-state index contributed by atoms with van der Waals surface area (Å²) in [6, 6.07) is 14.9. The van der Waals surface area contributed by atoms with Gasteiger partial charge in [-0.2, -0.15) is 0 Å². The fourth-order valence-corrected chi connectivity index (χ4v) is 1.68. The third-order valence-electron chi connectivity index (χ3n) is 2.71. The Kier molecular flexibility index (Phi) is 5.15. The summed E-state index contributed by atoms with van der Waals surface area (Å²) in [6.07, 6.45) is 1.53.